The van der Waals surface area contributed by atoms with Gasteiger partial charge >= 0.3 is 0 Å². The van der Waals surface area contributed by atoms with E-state index >= 15 is 0 Å². The zero-order chi connectivity index (χ0) is 8.81. The minimum absolute atomic E-state index is 0.187. The van der Waals surface area contributed by atoms with Gasteiger partial charge in [0.25, 0.3) is 5.91 Å². The van der Waals surface area contributed by atoms with E-state index in [4.69, 9.17) is 4.84 Å². The quantitative estimate of drug-likeness (QED) is 0.643. The van der Waals surface area contributed by atoms with Crippen molar-refractivity contribution in [3.05, 3.63) is 18.5 Å². The Kier molecular flexibility index (Phi) is 3.28. The lowest BCUT2D eigenvalue weighted by atomic mass is 10.6. The number of hydrogen-bond acceptors (Lipinski definition) is 3. The van der Waals surface area contributed by atoms with Crippen molar-refractivity contribution in [3.8, 4) is 0 Å². The summed E-state index contributed by atoms with van der Waals surface area (Å²) in [7, 11) is 0. The maximum atomic E-state index is 11.0. The molecule has 0 radical (unpaired) electrons. The van der Waals surface area contributed by atoms with Gasteiger partial charge in [-0.15, -0.1) is 0 Å². The fraction of sp³-hybridized carbons (Fsp3) is 0.429. The van der Waals surface area contributed by atoms with E-state index in [9.17, 15) is 4.79 Å². The van der Waals surface area contributed by atoms with Crippen LogP contribution in [0.3, 0.4) is 0 Å². The molecule has 0 saturated heterocycles. The molecule has 66 valence electrons. The zero-order valence-corrected chi connectivity index (χ0v) is 6.86. The van der Waals surface area contributed by atoms with Crippen LogP contribution in [0.5, 0.6) is 0 Å². The van der Waals surface area contributed by atoms with Gasteiger partial charge in [0.2, 0.25) is 0 Å². The highest BCUT2D eigenvalue weighted by Gasteiger charge is 2.00. The van der Waals surface area contributed by atoms with Gasteiger partial charge in [0.1, 0.15) is 6.54 Å². The van der Waals surface area contributed by atoms with Crippen LogP contribution in [0, 0.1) is 0 Å². The maximum absolute atomic E-state index is 11.0. The Balaban J connectivity index is 2.27. The molecule has 0 aliphatic heterocycles. The van der Waals surface area contributed by atoms with Gasteiger partial charge in [-0.1, -0.05) is 0 Å². The first kappa shape index (κ1) is 8.73. The van der Waals surface area contributed by atoms with E-state index in [0.717, 1.165) is 0 Å². The van der Waals surface area contributed by atoms with E-state index in [1.54, 1.807) is 25.4 Å². The van der Waals surface area contributed by atoms with Crippen LogP contribution in [-0.2, 0) is 16.2 Å². The molecule has 5 heteroatoms. The molecule has 0 unspecified atom stereocenters. The fourth-order valence-electron chi connectivity index (χ4n) is 0.726. The molecule has 0 aliphatic rings. The van der Waals surface area contributed by atoms with E-state index in [1.807, 2.05) is 0 Å². The number of rotatable bonds is 4. The predicted molar refractivity (Wildman–Crippen MR) is 42.0 cm³/mol. The van der Waals surface area contributed by atoms with Gasteiger partial charge in [-0.25, -0.2) is 5.48 Å². The van der Waals surface area contributed by atoms with Crippen molar-refractivity contribution in [3.63, 3.8) is 0 Å². The van der Waals surface area contributed by atoms with E-state index in [1.165, 1.54) is 4.68 Å². The monoisotopic (exact) mass is 169 g/mol. The Labute approximate surface area is 70.3 Å². The molecular weight excluding hydrogens is 158 g/mol. The zero-order valence-electron chi connectivity index (χ0n) is 6.86. The lowest BCUT2D eigenvalue weighted by molar-refractivity contribution is -0.133. The number of hydrogen-bond donors (Lipinski definition) is 1. The number of nitrogens with zero attached hydrogens (tertiary/aromatic N) is 2. The molecule has 1 aromatic rings. The smallest absolute Gasteiger partial charge is 0.265 e. The van der Waals surface area contributed by atoms with E-state index in [-0.39, 0.29) is 12.5 Å². The standard InChI is InChI=1S/C7H11N3O2/c1-2-12-9-7(11)6-10-5-3-4-8-10/h3-5H,2,6H2,1H3,(H,9,11). The fourth-order valence-corrected chi connectivity index (χ4v) is 0.726. The van der Waals surface area contributed by atoms with Crippen molar-refractivity contribution >= 4 is 5.91 Å². The third-order valence-electron chi connectivity index (χ3n) is 1.20. The molecule has 0 saturated carbocycles. The number of amides is 1. The molecule has 1 aromatic heterocycles. The van der Waals surface area contributed by atoms with Crippen LogP contribution >= 0.6 is 0 Å². The third-order valence-corrected chi connectivity index (χ3v) is 1.20. The van der Waals surface area contributed by atoms with Gasteiger partial charge in [0.05, 0.1) is 6.61 Å². The van der Waals surface area contributed by atoms with Crippen molar-refractivity contribution in [2.24, 2.45) is 0 Å². The molecule has 1 heterocycles. The summed E-state index contributed by atoms with van der Waals surface area (Å²) in [6.45, 7) is 2.45. The molecule has 1 N–H and O–H groups in total. The normalized spacial score (nSPS) is 9.75. The van der Waals surface area contributed by atoms with Crippen molar-refractivity contribution in [1.82, 2.24) is 15.3 Å². The molecule has 0 aromatic carbocycles. The van der Waals surface area contributed by atoms with Crippen LogP contribution < -0.4 is 5.48 Å². The first-order valence-corrected chi connectivity index (χ1v) is 3.71. The van der Waals surface area contributed by atoms with E-state index in [2.05, 4.69) is 10.6 Å². The highest BCUT2D eigenvalue weighted by atomic mass is 16.6. The number of carbonyl (C=O) groups excluding carboxylic acids is 1. The highest BCUT2D eigenvalue weighted by Crippen LogP contribution is 1.83. The molecule has 1 rings (SSSR count). The minimum Gasteiger partial charge on any atom is -0.274 e. The van der Waals surface area contributed by atoms with Crippen molar-refractivity contribution < 1.29 is 9.63 Å². The summed E-state index contributed by atoms with van der Waals surface area (Å²) in [5.41, 5.74) is 2.27. The lowest BCUT2D eigenvalue weighted by Gasteiger charge is -2.02. The van der Waals surface area contributed by atoms with Crippen LogP contribution in [-0.4, -0.2) is 22.3 Å². The molecule has 1 amide bonds. The summed E-state index contributed by atoms with van der Waals surface area (Å²) in [5, 5.41) is 3.86. The summed E-state index contributed by atoms with van der Waals surface area (Å²) >= 11 is 0. The average Bonchev–Trinajstić information content (AvgIpc) is 2.53. The second-order valence-corrected chi connectivity index (χ2v) is 2.16. The van der Waals surface area contributed by atoms with E-state index in [0.29, 0.717) is 6.61 Å². The summed E-state index contributed by atoms with van der Waals surface area (Å²) in [5.74, 6) is -0.208. The summed E-state index contributed by atoms with van der Waals surface area (Å²) in [6, 6.07) is 1.76. The van der Waals surface area contributed by atoms with Crippen molar-refractivity contribution in [2.75, 3.05) is 6.61 Å². The van der Waals surface area contributed by atoms with Crippen molar-refractivity contribution in [2.45, 2.75) is 13.5 Å². The van der Waals surface area contributed by atoms with Crippen LogP contribution in [0.15, 0.2) is 18.5 Å². The number of carbonyl (C=O) groups is 1. The minimum atomic E-state index is -0.208. The van der Waals surface area contributed by atoms with E-state index < -0.39 is 0 Å². The highest BCUT2D eigenvalue weighted by molar-refractivity contribution is 5.74. The Hall–Kier alpha value is -1.36. The second kappa shape index (κ2) is 4.50. The largest absolute Gasteiger partial charge is 0.274 e. The molecule has 12 heavy (non-hydrogen) atoms. The first-order valence-electron chi connectivity index (χ1n) is 3.71. The molecular formula is C7H11N3O2. The molecule has 0 fully saturated rings. The Morgan fingerprint density at radius 1 is 1.75 bits per heavy atom. The van der Waals surface area contributed by atoms with Gasteiger partial charge in [0.15, 0.2) is 0 Å². The lowest BCUT2D eigenvalue weighted by Crippen LogP contribution is -2.27. The van der Waals surface area contributed by atoms with Gasteiger partial charge in [-0.3, -0.25) is 14.3 Å². The van der Waals surface area contributed by atoms with Gasteiger partial charge in [0, 0.05) is 12.4 Å². The summed E-state index contributed by atoms with van der Waals surface area (Å²) in [6.07, 6.45) is 3.33. The number of aromatic nitrogens is 2. The maximum Gasteiger partial charge on any atom is 0.265 e. The van der Waals surface area contributed by atoms with Crippen LogP contribution in [0.2, 0.25) is 0 Å². The average molecular weight is 169 g/mol. The Morgan fingerprint density at radius 2 is 2.58 bits per heavy atom. The Bertz CT molecular complexity index is 233. The Morgan fingerprint density at radius 3 is 3.17 bits per heavy atom. The molecule has 0 bridgehead atoms. The SMILES string of the molecule is CCONC(=O)Cn1cccn1. The van der Waals surface area contributed by atoms with Crippen molar-refractivity contribution in [1.29, 1.82) is 0 Å². The van der Waals surface area contributed by atoms with Crippen LogP contribution in [0.25, 0.3) is 0 Å². The summed E-state index contributed by atoms with van der Waals surface area (Å²) in [4.78, 5) is 15.7. The van der Waals surface area contributed by atoms with Crippen LogP contribution in [0.4, 0.5) is 0 Å². The molecule has 0 atom stereocenters. The van der Waals surface area contributed by atoms with Crippen LogP contribution in [0.1, 0.15) is 6.92 Å². The van der Waals surface area contributed by atoms with Gasteiger partial charge in [-0.05, 0) is 13.0 Å². The molecule has 0 aliphatic carbocycles. The molecule has 0 spiro atoms. The molecule has 5 nitrogen and oxygen atoms in total. The number of nitrogens with one attached hydrogen (secondary N) is 1. The third kappa shape index (κ3) is 2.71. The summed E-state index contributed by atoms with van der Waals surface area (Å²) < 4.78 is 1.52. The first-order chi connectivity index (χ1) is 5.83. The topological polar surface area (TPSA) is 56.1 Å². The van der Waals surface area contributed by atoms with Gasteiger partial charge < -0.3 is 0 Å². The predicted octanol–water partition coefficient (Wildman–Crippen LogP) is -0.0492. The van der Waals surface area contributed by atoms with Gasteiger partial charge in [-0.2, -0.15) is 5.10 Å². The second-order valence-electron chi connectivity index (χ2n) is 2.16. The number of hydroxylamine groups is 1.